The average Bonchev–Trinajstić information content (AvgIpc) is 3.05. The Morgan fingerprint density at radius 3 is 2.47 bits per heavy atom. The summed E-state index contributed by atoms with van der Waals surface area (Å²) >= 11 is 3.26. The number of ether oxygens (including phenoxy) is 2. The number of nitrogens with one attached hydrogen (secondary N) is 2. The lowest BCUT2D eigenvalue weighted by Gasteiger charge is -2.30. The SMILES string of the molecule is CN(C(=O)OC(C)(C)C)[C@@H](Cc1ccccc1)C(=O)Nc1ccc2c(c1)Sc1cccc(-c3cc(N4CCOCC4)cc(=O)[nH]3)c1S2. The number of pyridine rings is 1. The molecule has 2 aliphatic heterocycles. The second-order valence-corrected chi connectivity index (χ2v) is 14.6. The van der Waals surface area contributed by atoms with Crippen LogP contribution in [0.3, 0.4) is 0 Å². The highest BCUT2D eigenvalue weighted by Gasteiger charge is 2.31. The molecule has 2 aliphatic rings. The third-order valence-corrected chi connectivity index (χ3v) is 10.4. The molecule has 244 valence electrons. The fourth-order valence-electron chi connectivity index (χ4n) is 5.50. The molecule has 1 aromatic heterocycles. The summed E-state index contributed by atoms with van der Waals surface area (Å²) in [5.41, 5.74) is 3.37. The van der Waals surface area contributed by atoms with Crippen LogP contribution in [-0.2, 0) is 20.7 Å². The number of aromatic amines is 1. The summed E-state index contributed by atoms with van der Waals surface area (Å²) in [6.45, 7) is 8.18. The van der Waals surface area contributed by atoms with Crippen molar-refractivity contribution in [2.24, 2.45) is 0 Å². The lowest BCUT2D eigenvalue weighted by atomic mass is 10.0. The van der Waals surface area contributed by atoms with Crippen molar-refractivity contribution < 1.29 is 19.1 Å². The van der Waals surface area contributed by atoms with Crippen LogP contribution in [0.1, 0.15) is 26.3 Å². The van der Waals surface area contributed by atoms with Gasteiger partial charge < -0.3 is 24.7 Å². The highest BCUT2D eigenvalue weighted by atomic mass is 32.2. The topological polar surface area (TPSA) is 104 Å². The number of morpholine rings is 1. The van der Waals surface area contributed by atoms with E-state index in [2.05, 4.69) is 21.3 Å². The third-order valence-electron chi connectivity index (χ3n) is 7.84. The molecule has 0 unspecified atom stereocenters. The zero-order valence-electron chi connectivity index (χ0n) is 26.9. The van der Waals surface area contributed by atoms with Crippen molar-refractivity contribution in [2.45, 2.75) is 58.4 Å². The molecule has 1 saturated heterocycles. The minimum atomic E-state index is -0.788. The lowest BCUT2D eigenvalue weighted by molar-refractivity contribution is -0.120. The van der Waals surface area contributed by atoms with Gasteiger partial charge in [-0.25, -0.2) is 4.79 Å². The van der Waals surface area contributed by atoms with E-state index in [1.165, 1.54) is 4.90 Å². The van der Waals surface area contributed by atoms with Gasteiger partial charge in [-0.05, 0) is 56.7 Å². The van der Waals surface area contributed by atoms with E-state index in [-0.39, 0.29) is 11.5 Å². The summed E-state index contributed by atoms with van der Waals surface area (Å²) in [5.74, 6) is -0.303. The molecule has 2 N–H and O–H groups in total. The molecule has 2 amide bonds. The first-order chi connectivity index (χ1) is 22.5. The number of nitrogens with zero attached hydrogens (tertiary/aromatic N) is 2. The number of benzene rings is 3. The molecule has 1 atom stereocenters. The number of H-pyrrole nitrogens is 1. The first kappa shape index (κ1) is 32.7. The molecule has 1 fully saturated rings. The predicted octanol–water partition coefficient (Wildman–Crippen LogP) is 6.91. The van der Waals surface area contributed by atoms with E-state index < -0.39 is 17.7 Å². The quantitative estimate of drug-likeness (QED) is 0.193. The van der Waals surface area contributed by atoms with E-state index >= 15 is 0 Å². The normalized spacial score (nSPS) is 14.9. The van der Waals surface area contributed by atoms with E-state index in [9.17, 15) is 14.4 Å². The summed E-state index contributed by atoms with van der Waals surface area (Å²) in [7, 11) is 1.60. The van der Waals surface area contributed by atoms with E-state index in [0.29, 0.717) is 25.3 Å². The molecule has 0 radical (unpaired) electrons. The van der Waals surface area contributed by atoms with Gasteiger partial charge in [0.15, 0.2) is 0 Å². The molecule has 11 heteroatoms. The van der Waals surface area contributed by atoms with Crippen molar-refractivity contribution in [2.75, 3.05) is 43.6 Å². The Bertz CT molecular complexity index is 1830. The van der Waals surface area contributed by atoms with Crippen LogP contribution in [0.4, 0.5) is 16.2 Å². The van der Waals surface area contributed by atoms with Gasteiger partial charge in [0.25, 0.3) is 0 Å². The predicted molar refractivity (Wildman–Crippen MR) is 187 cm³/mol. The summed E-state index contributed by atoms with van der Waals surface area (Å²) in [4.78, 5) is 50.2. The van der Waals surface area contributed by atoms with Gasteiger partial charge in [-0.1, -0.05) is 66.0 Å². The second-order valence-electron chi connectivity index (χ2n) is 12.5. The summed E-state index contributed by atoms with van der Waals surface area (Å²) in [5, 5.41) is 3.05. The van der Waals surface area contributed by atoms with Crippen molar-refractivity contribution >= 4 is 46.9 Å². The number of aromatic nitrogens is 1. The van der Waals surface area contributed by atoms with Gasteiger partial charge in [0, 0.05) is 69.1 Å². The van der Waals surface area contributed by atoms with E-state index in [4.69, 9.17) is 9.47 Å². The van der Waals surface area contributed by atoms with Gasteiger partial charge in [-0.3, -0.25) is 14.5 Å². The Labute approximate surface area is 283 Å². The van der Waals surface area contributed by atoms with Gasteiger partial charge in [0.05, 0.1) is 18.9 Å². The van der Waals surface area contributed by atoms with Crippen LogP contribution < -0.4 is 15.8 Å². The molecule has 47 heavy (non-hydrogen) atoms. The Hall–Kier alpha value is -4.19. The number of likely N-dealkylation sites (N-methyl/N-ethyl adjacent to an activating group) is 1. The number of hydrogen-bond donors (Lipinski definition) is 2. The number of carbonyl (C=O) groups is 2. The third kappa shape index (κ3) is 7.86. The number of carbonyl (C=O) groups excluding carboxylic acids is 2. The summed E-state index contributed by atoms with van der Waals surface area (Å²) < 4.78 is 11.1. The van der Waals surface area contributed by atoms with Crippen molar-refractivity contribution in [3.63, 3.8) is 0 Å². The van der Waals surface area contributed by atoms with Crippen LogP contribution in [0.25, 0.3) is 11.3 Å². The van der Waals surface area contributed by atoms with Gasteiger partial charge >= 0.3 is 6.09 Å². The Balaban J connectivity index is 1.23. The van der Waals surface area contributed by atoms with Gasteiger partial charge in [0.2, 0.25) is 11.5 Å². The van der Waals surface area contributed by atoms with E-state index in [1.54, 1.807) is 57.4 Å². The monoisotopic (exact) mass is 670 g/mol. The minimum Gasteiger partial charge on any atom is -0.444 e. The second kappa shape index (κ2) is 13.9. The fraction of sp³-hybridized carbons (Fsp3) is 0.306. The zero-order valence-corrected chi connectivity index (χ0v) is 28.5. The molecule has 0 aliphatic carbocycles. The summed E-state index contributed by atoms with van der Waals surface area (Å²) in [6, 6.07) is 24.5. The van der Waals surface area contributed by atoms with Crippen LogP contribution in [0.5, 0.6) is 0 Å². The Morgan fingerprint density at radius 1 is 0.957 bits per heavy atom. The molecular weight excluding hydrogens is 633 g/mol. The van der Waals surface area contributed by atoms with Crippen LogP contribution in [-0.4, -0.2) is 66.9 Å². The van der Waals surface area contributed by atoms with Crippen molar-refractivity contribution in [1.82, 2.24) is 9.88 Å². The smallest absolute Gasteiger partial charge is 0.410 e. The summed E-state index contributed by atoms with van der Waals surface area (Å²) in [6.07, 6.45) is -0.224. The van der Waals surface area contributed by atoms with Crippen LogP contribution in [0, 0.1) is 0 Å². The van der Waals surface area contributed by atoms with Crippen molar-refractivity contribution in [3.8, 4) is 11.3 Å². The maximum absolute atomic E-state index is 13.8. The minimum absolute atomic E-state index is 0.140. The lowest BCUT2D eigenvalue weighted by Crippen LogP contribution is -2.48. The van der Waals surface area contributed by atoms with Crippen molar-refractivity contribution in [1.29, 1.82) is 0 Å². The maximum Gasteiger partial charge on any atom is 0.410 e. The first-order valence-electron chi connectivity index (χ1n) is 15.5. The molecule has 9 nitrogen and oxygen atoms in total. The zero-order chi connectivity index (χ0) is 33.1. The molecule has 6 rings (SSSR count). The van der Waals surface area contributed by atoms with Crippen LogP contribution in [0.2, 0.25) is 0 Å². The Kier molecular flexibility index (Phi) is 9.67. The highest BCUT2D eigenvalue weighted by molar-refractivity contribution is 8.05. The van der Waals surface area contributed by atoms with E-state index in [1.807, 2.05) is 66.7 Å². The molecule has 3 aromatic carbocycles. The largest absolute Gasteiger partial charge is 0.444 e. The molecule has 0 bridgehead atoms. The molecular formula is C36H38N4O5S2. The average molecular weight is 671 g/mol. The Morgan fingerprint density at radius 2 is 1.72 bits per heavy atom. The molecule has 0 spiro atoms. The van der Waals surface area contributed by atoms with Gasteiger partial charge in [0.1, 0.15) is 11.6 Å². The van der Waals surface area contributed by atoms with Crippen molar-refractivity contribution in [3.05, 3.63) is 94.8 Å². The standard InChI is InChI=1S/C36H38N4O5S2/c1-36(2,3)45-35(43)39(4)28(19-23-9-6-5-7-10-23)34(42)37-24-13-14-29-31(20-24)46-30-12-8-11-26(33(30)47-29)27-21-25(22-32(41)38-27)40-15-17-44-18-16-40/h5-14,20-22,28H,15-19H2,1-4H3,(H,37,42)(H,38,41)/t28-/m0/s1. The van der Waals surface area contributed by atoms with Gasteiger partial charge in [-0.15, -0.1) is 0 Å². The fourth-order valence-corrected chi connectivity index (χ4v) is 7.91. The number of amides is 2. The van der Waals surface area contributed by atoms with Gasteiger partial charge in [-0.2, -0.15) is 0 Å². The van der Waals surface area contributed by atoms with E-state index in [0.717, 1.165) is 55.2 Å². The number of hydrogen-bond acceptors (Lipinski definition) is 8. The number of anilines is 2. The van der Waals surface area contributed by atoms with Crippen LogP contribution >= 0.6 is 23.5 Å². The molecule has 3 heterocycles. The molecule has 4 aromatic rings. The maximum atomic E-state index is 13.8. The first-order valence-corrected chi connectivity index (χ1v) is 17.2. The van der Waals surface area contributed by atoms with Crippen LogP contribution in [0.15, 0.2) is 103 Å². The molecule has 0 saturated carbocycles. The number of rotatable bonds is 7. The highest BCUT2D eigenvalue weighted by Crippen LogP contribution is 2.52. The number of fused-ring (bicyclic) bond motifs is 2.